The number of aliphatic carboxylic acids is 1. The Morgan fingerprint density at radius 3 is 1.96 bits per heavy atom. The Morgan fingerprint density at radius 2 is 1.54 bits per heavy atom. The fourth-order valence-corrected chi connectivity index (χ4v) is 2.54. The van der Waals surface area contributed by atoms with Crippen LogP contribution in [0.3, 0.4) is 0 Å². The van der Waals surface area contributed by atoms with Gasteiger partial charge >= 0.3 is 5.97 Å². The zero-order valence-electron chi connectivity index (χ0n) is 16.3. The average Bonchev–Trinajstić information content (AvgIpc) is 2.58. The molecule has 0 atom stereocenters. The molecule has 0 heterocycles. The molecule has 1 aromatic carbocycles. The summed E-state index contributed by atoms with van der Waals surface area (Å²) in [6.07, 6.45) is 0.972. The van der Waals surface area contributed by atoms with E-state index in [0.29, 0.717) is 24.9 Å². The topological polar surface area (TPSA) is 95.5 Å². The normalized spacial score (nSPS) is 11.7. The fourth-order valence-electron chi connectivity index (χ4n) is 2.54. The van der Waals surface area contributed by atoms with Gasteiger partial charge in [0.1, 0.15) is 0 Å². The van der Waals surface area contributed by atoms with Crippen LogP contribution in [0.15, 0.2) is 24.3 Å². The molecule has 1 aromatic rings. The van der Waals surface area contributed by atoms with Gasteiger partial charge < -0.3 is 15.7 Å². The van der Waals surface area contributed by atoms with Crippen LogP contribution in [0, 0.1) is 5.41 Å². The van der Waals surface area contributed by atoms with Crippen LogP contribution in [0.25, 0.3) is 0 Å². The lowest BCUT2D eigenvalue weighted by molar-refractivity contribution is -0.138. The Labute approximate surface area is 155 Å². The first-order valence-electron chi connectivity index (χ1n) is 8.94. The third-order valence-electron chi connectivity index (χ3n) is 4.57. The number of hydrogen-bond acceptors (Lipinski definition) is 3. The molecule has 0 saturated carbocycles. The number of amides is 2. The number of carboxylic acids is 1. The predicted octanol–water partition coefficient (Wildman–Crippen LogP) is 3.11. The molecule has 0 aliphatic heterocycles. The van der Waals surface area contributed by atoms with Crippen LogP contribution in [-0.2, 0) is 16.1 Å². The first kappa shape index (κ1) is 21.7. The summed E-state index contributed by atoms with van der Waals surface area (Å²) in [6.45, 7) is 9.67. The molecule has 3 N–H and O–H groups in total. The minimum absolute atomic E-state index is 0.0383. The number of carbonyl (C=O) groups excluding carboxylic acids is 2. The maximum Gasteiger partial charge on any atom is 0.305 e. The molecule has 0 aromatic heterocycles. The number of hydrogen-bond donors (Lipinski definition) is 3. The van der Waals surface area contributed by atoms with Crippen molar-refractivity contribution in [2.45, 2.75) is 66.0 Å². The van der Waals surface area contributed by atoms with Crippen molar-refractivity contribution in [2.75, 3.05) is 0 Å². The third-order valence-corrected chi connectivity index (χ3v) is 4.57. The van der Waals surface area contributed by atoms with Crippen molar-refractivity contribution in [2.24, 2.45) is 5.41 Å². The zero-order chi connectivity index (χ0) is 20.0. The van der Waals surface area contributed by atoms with Gasteiger partial charge in [-0.05, 0) is 30.5 Å². The highest BCUT2D eigenvalue weighted by Crippen LogP contribution is 2.21. The maximum atomic E-state index is 12.5. The van der Waals surface area contributed by atoms with Crippen LogP contribution in [0.2, 0.25) is 0 Å². The number of rotatable bonds is 8. The van der Waals surface area contributed by atoms with Gasteiger partial charge in [0.05, 0.1) is 12.0 Å². The van der Waals surface area contributed by atoms with E-state index in [1.807, 2.05) is 34.6 Å². The lowest BCUT2D eigenvalue weighted by atomic mass is 9.88. The Balaban J connectivity index is 2.76. The zero-order valence-corrected chi connectivity index (χ0v) is 16.3. The van der Waals surface area contributed by atoms with E-state index in [2.05, 4.69) is 10.6 Å². The monoisotopic (exact) mass is 362 g/mol. The molecule has 0 spiro atoms. The predicted molar refractivity (Wildman–Crippen MR) is 101 cm³/mol. The van der Waals surface area contributed by atoms with E-state index in [9.17, 15) is 14.4 Å². The van der Waals surface area contributed by atoms with Gasteiger partial charge in [-0.25, -0.2) is 0 Å². The summed E-state index contributed by atoms with van der Waals surface area (Å²) in [6, 6.07) is 6.94. The summed E-state index contributed by atoms with van der Waals surface area (Å²) in [5.41, 5.74) is 0.157. The molecular weight excluding hydrogens is 332 g/mol. The molecule has 0 aliphatic carbocycles. The van der Waals surface area contributed by atoms with Crippen LogP contribution in [-0.4, -0.2) is 28.4 Å². The Kier molecular flexibility index (Phi) is 7.36. The summed E-state index contributed by atoms with van der Waals surface area (Å²) >= 11 is 0. The highest BCUT2D eigenvalue weighted by molar-refractivity contribution is 5.95. The maximum absolute atomic E-state index is 12.5. The van der Waals surface area contributed by atoms with E-state index in [1.54, 1.807) is 24.3 Å². The Bertz CT molecular complexity index is 641. The van der Waals surface area contributed by atoms with Crippen molar-refractivity contribution in [3.8, 4) is 0 Å². The van der Waals surface area contributed by atoms with Crippen molar-refractivity contribution in [3.63, 3.8) is 0 Å². The molecule has 0 radical (unpaired) electrons. The van der Waals surface area contributed by atoms with E-state index >= 15 is 0 Å². The summed E-state index contributed by atoms with van der Waals surface area (Å²) < 4.78 is 0. The van der Waals surface area contributed by atoms with Gasteiger partial charge in [-0.1, -0.05) is 46.8 Å². The van der Waals surface area contributed by atoms with Gasteiger partial charge in [0.25, 0.3) is 5.91 Å². The molecular formula is C20H30N2O4. The lowest BCUT2D eigenvalue weighted by Crippen LogP contribution is -2.49. The smallest absolute Gasteiger partial charge is 0.305 e. The molecule has 1 rings (SSSR count). The van der Waals surface area contributed by atoms with Gasteiger partial charge in [0.15, 0.2) is 0 Å². The second kappa shape index (κ2) is 8.83. The number of benzene rings is 1. The SMILES string of the molecule is CCC(CC)(CC(=O)O)NC(=O)c1ccc(CNC(=O)C(C)(C)C)cc1. The Morgan fingerprint density at radius 1 is 1.00 bits per heavy atom. The number of nitrogens with one attached hydrogen (secondary N) is 2. The fraction of sp³-hybridized carbons (Fsp3) is 0.550. The molecule has 0 unspecified atom stereocenters. The van der Waals surface area contributed by atoms with Crippen LogP contribution in [0.5, 0.6) is 0 Å². The molecule has 0 fully saturated rings. The van der Waals surface area contributed by atoms with E-state index in [-0.39, 0.29) is 18.2 Å². The van der Waals surface area contributed by atoms with Crippen LogP contribution >= 0.6 is 0 Å². The van der Waals surface area contributed by atoms with Crippen molar-refractivity contribution in [3.05, 3.63) is 35.4 Å². The molecule has 2 amide bonds. The van der Waals surface area contributed by atoms with Crippen LogP contribution in [0.4, 0.5) is 0 Å². The number of carboxylic acid groups (broad SMARTS) is 1. The summed E-state index contributed by atoms with van der Waals surface area (Å²) in [7, 11) is 0. The van der Waals surface area contributed by atoms with Gasteiger partial charge in [-0.2, -0.15) is 0 Å². The minimum Gasteiger partial charge on any atom is -0.481 e. The molecule has 6 nitrogen and oxygen atoms in total. The van der Waals surface area contributed by atoms with Crippen LogP contribution in [0.1, 0.15) is 69.8 Å². The first-order valence-corrected chi connectivity index (χ1v) is 8.94. The molecule has 0 bridgehead atoms. The molecule has 26 heavy (non-hydrogen) atoms. The highest BCUT2D eigenvalue weighted by atomic mass is 16.4. The van der Waals surface area contributed by atoms with E-state index in [0.717, 1.165) is 5.56 Å². The average molecular weight is 362 g/mol. The molecule has 144 valence electrons. The lowest BCUT2D eigenvalue weighted by Gasteiger charge is -2.31. The molecule has 6 heteroatoms. The minimum atomic E-state index is -0.932. The Hall–Kier alpha value is -2.37. The van der Waals surface area contributed by atoms with Crippen molar-refractivity contribution in [1.82, 2.24) is 10.6 Å². The largest absolute Gasteiger partial charge is 0.481 e. The van der Waals surface area contributed by atoms with Crippen molar-refractivity contribution in [1.29, 1.82) is 0 Å². The number of carbonyl (C=O) groups is 3. The standard InChI is InChI=1S/C20H30N2O4/c1-6-20(7-2,12-16(23)24)22-17(25)15-10-8-14(9-11-15)13-21-18(26)19(3,4)5/h8-11H,6-7,12-13H2,1-5H3,(H,21,26)(H,22,25)(H,23,24). The third kappa shape index (κ3) is 6.17. The van der Waals surface area contributed by atoms with Gasteiger partial charge in [-0.3, -0.25) is 14.4 Å². The van der Waals surface area contributed by atoms with Gasteiger partial charge in [0.2, 0.25) is 5.91 Å². The van der Waals surface area contributed by atoms with Crippen LogP contribution < -0.4 is 10.6 Å². The quantitative estimate of drug-likeness (QED) is 0.662. The summed E-state index contributed by atoms with van der Waals surface area (Å²) in [5.74, 6) is -1.26. The molecule has 0 saturated heterocycles. The summed E-state index contributed by atoms with van der Waals surface area (Å²) in [5, 5.41) is 14.8. The van der Waals surface area contributed by atoms with Gasteiger partial charge in [0, 0.05) is 17.5 Å². The second-order valence-electron chi connectivity index (χ2n) is 7.64. The molecule has 0 aliphatic rings. The van der Waals surface area contributed by atoms with E-state index < -0.39 is 16.9 Å². The van der Waals surface area contributed by atoms with E-state index in [1.165, 1.54) is 0 Å². The highest BCUT2D eigenvalue weighted by Gasteiger charge is 2.31. The van der Waals surface area contributed by atoms with E-state index in [4.69, 9.17) is 5.11 Å². The van der Waals surface area contributed by atoms with Gasteiger partial charge in [-0.15, -0.1) is 0 Å². The van der Waals surface area contributed by atoms with Crippen molar-refractivity contribution >= 4 is 17.8 Å². The second-order valence-corrected chi connectivity index (χ2v) is 7.64. The summed E-state index contributed by atoms with van der Waals surface area (Å²) in [4.78, 5) is 35.5. The van der Waals surface area contributed by atoms with Crippen molar-refractivity contribution < 1.29 is 19.5 Å². The first-order chi connectivity index (χ1) is 12.0.